The molecule has 1 saturated carbocycles. The molecule has 13 heavy (non-hydrogen) atoms. The molecular weight excluding hydrogens is 153 g/mol. The molecular formula is C11H18LiN. The number of likely N-dealkylation sites (tertiary alicyclic amines) is 1. The number of rotatable bonds is 2. The maximum atomic E-state index is 4.21. The minimum atomic E-state index is 0. The summed E-state index contributed by atoms with van der Waals surface area (Å²) in [5, 5.41) is 0. The SMILES string of the molecule is C=C([C-]1CCCC1)N1CCCC1.[Li+]. The van der Waals surface area contributed by atoms with Gasteiger partial charge in [-0.25, -0.2) is 6.58 Å². The van der Waals surface area contributed by atoms with Gasteiger partial charge in [-0.05, 0) is 12.8 Å². The van der Waals surface area contributed by atoms with E-state index in [4.69, 9.17) is 0 Å². The Morgan fingerprint density at radius 2 is 1.54 bits per heavy atom. The van der Waals surface area contributed by atoms with Gasteiger partial charge in [0.2, 0.25) is 0 Å². The van der Waals surface area contributed by atoms with Gasteiger partial charge in [0, 0.05) is 13.1 Å². The third-order valence-electron chi connectivity index (χ3n) is 3.10. The average molecular weight is 171 g/mol. The van der Waals surface area contributed by atoms with Crippen molar-refractivity contribution < 1.29 is 18.9 Å². The molecule has 0 spiro atoms. The van der Waals surface area contributed by atoms with Gasteiger partial charge in [0.05, 0.1) is 0 Å². The number of hydrogen-bond donors (Lipinski definition) is 0. The van der Waals surface area contributed by atoms with Crippen molar-refractivity contribution in [3.63, 3.8) is 0 Å². The molecule has 0 N–H and O–H groups in total. The van der Waals surface area contributed by atoms with E-state index in [1.807, 2.05) is 0 Å². The van der Waals surface area contributed by atoms with E-state index in [0.29, 0.717) is 0 Å². The number of nitrogens with zero attached hydrogens (tertiary/aromatic N) is 1. The Morgan fingerprint density at radius 3 is 2.08 bits per heavy atom. The Labute approximate surface area is 93.7 Å². The van der Waals surface area contributed by atoms with Crippen LogP contribution in [0, 0.1) is 5.92 Å². The third kappa shape index (κ3) is 2.48. The normalized spacial score (nSPS) is 21.8. The van der Waals surface area contributed by atoms with Gasteiger partial charge in [0.25, 0.3) is 0 Å². The maximum Gasteiger partial charge on any atom is 1.00 e. The zero-order chi connectivity index (χ0) is 8.39. The molecule has 0 aromatic heterocycles. The predicted molar refractivity (Wildman–Crippen MR) is 51.7 cm³/mol. The molecule has 1 saturated heterocycles. The first-order valence-corrected chi connectivity index (χ1v) is 5.17. The van der Waals surface area contributed by atoms with Crippen LogP contribution in [0.1, 0.15) is 38.5 Å². The molecule has 68 valence electrons. The van der Waals surface area contributed by atoms with Crippen molar-refractivity contribution in [2.75, 3.05) is 13.1 Å². The van der Waals surface area contributed by atoms with E-state index in [-0.39, 0.29) is 18.9 Å². The van der Waals surface area contributed by atoms with Gasteiger partial charge in [0.15, 0.2) is 0 Å². The third-order valence-corrected chi connectivity index (χ3v) is 3.10. The number of hydrogen-bond acceptors (Lipinski definition) is 1. The largest absolute Gasteiger partial charge is 1.00 e. The molecule has 1 aliphatic carbocycles. The van der Waals surface area contributed by atoms with Crippen LogP contribution >= 0.6 is 0 Å². The first-order chi connectivity index (χ1) is 5.88. The van der Waals surface area contributed by atoms with Crippen LogP contribution in [0.5, 0.6) is 0 Å². The monoisotopic (exact) mass is 171 g/mol. The Balaban J connectivity index is 0.000000845. The minimum Gasteiger partial charge on any atom is -0.405 e. The summed E-state index contributed by atoms with van der Waals surface area (Å²) >= 11 is 0. The summed E-state index contributed by atoms with van der Waals surface area (Å²) in [6, 6.07) is 0. The molecule has 0 radical (unpaired) electrons. The fourth-order valence-electron chi connectivity index (χ4n) is 2.30. The van der Waals surface area contributed by atoms with Gasteiger partial charge in [-0.3, -0.25) is 0 Å². The van der Waals surface area contributed by atoms with Crippen molar-refractivity contribution in [3.8, 4) is 0 Å². The first kappa shape index (κ1) is 11.1. The van der Waals surface area contributed by atoms with Crippen molar-refractivity contribution >= 4 is 0 Å². The summed E-state index contributed by atoms with van der Waals surface area (Å²) in [6.07, 6.45) is 8.15. The van der Waals surface area contributed by atoms with Gasteiger partial charge in [-0.1, -0.05) is 25.7 Å². The Kier molecular flexibility index (Phi) is 4.29. The topological polar surface area (TPSA) is 3.24 Å². The second-order valence-corrected chi connectivity index (χ2v) is 3.95. The molecule has 1 aliphatic heterocycles. The van der Waals surface area contributed by atoms with Gasteiger partial charge in [0.1, 0.15) is 0 Å². The first-order valence-electron chi connectivity index (χ1n) is 5.17. The summed E-state index contributed by atoms with van der Waals surface area (Å²) < 4.78 is 0. The van der Waals surface area contributed by atoms with E-state index < -0.39 is 0 Å². The van der Waals surface area contributed by atoms with E-state index in [1.165, 1.54) is 57.3 Å². The van der Waals surface area contributed by atoms with Crippen LogP contribution < -0.4 is 18.9 Å². The zero-order valence-corrected chi connectivity index (χ0v) is 8.81. The van der Waals surface area contributed by atoms with Crippen LogP contribution in [-0.2, 0) is 0 Å². The predicted octanol–water partition coefficient (Wildman–Crippen LogP) is -0.252. The van der Waals surface area contributed by atoms with Gasteiger partial charge < -0.3 is 4.90 Å². The Bertz CT molecular complexity index is 149. The van der Waals surface area contributed by atoms with E-state index in [0.717, 1.165) is 0 Å². The van der Waals surface area contributed by atoms with Gasteiger partial charge in [-0.2, -0.15) is 5.92 Å². The van der Waals surface area contributed by atoms with E-state index in [9.17, 15) is 0 Å². The van der Waals surface area contributed by atoms with Crippen LogP contribution in [0.15, 0.2) is 12.3 Å². The minimum absolute atomic E-state index is 0. The standard InChI is InChI=1S/C11H18N.Li/c1-10(11-6-2-3-7-11)12-8-4-5-9-12;/h1-9H2;/q-1;+1. The molecule has 0 aromatic rings. The molecule has 1 nitrogen and oxygen atoms in total. The van der Waals surface area contributed by atoms with Crippen molar-refractivity contribution in [2.24, 2.45) is 0 Å². The molecule has 0 bridgehead atoms. The van der Waals surface area contributed by atoms with Crippen LogP contribution in [0.4, 0.5) is 0 Å². The molecule has 0 atom stereocenters. The van der Waals surface area contributed by atoms with Crippen LogP contribution in [0.25, 0.3) is 0 Å². The second-order valence-electron chi connectivity index (χ2n) is 3.95. The molecule has 2 heteroatoms. The molecule has 0 aromatic carbocycles. The quantitative estimate of drug-likeness (QED) is 0.409. The second kappa shape index (κ2) is 5.03. The zero-order valence-electron chi connectivity index (χ0n) is 8.81. The average Bonchev–Trinajstić information content (AvgIpc) is 2.77. The number of allylic oxidation sites excluding steroid dienone is 1. The molecule has 0 amide bonds. The van der Waals surface area contributed by atoms with Crippen LogP contribution in [-0.4, -0.2) is 18.0 Å². The fraction of sp³-hybridized carbons (Fsp3) is 0.727. The summed E-state index contributed by atoms with van der Waals surface area (Å²) in [7, 11) is 0. The Morgan fingerprint density at radius 1 is 1.00 bits per heavy atom. The molecule has 1 heterocycles. The maximum absolute atomic E-state index is 4.21. The van der Waals surface area contributed by atoms with Crippen LogP contribution in [0.3, 0.4) is 0 Å². The van der Waals surface area contributed by atoms with Crippen LogP contribution in [0.2, 0.25) is 0 Å². The fourth-order valence-corrected chi connectivity index (χ4v) is 2.30. The van der Waals surface area contributed by atoms with E-state index in [2.05, 4.69) is 11.5 Å². The van der Waals surface area contributed by atoms with E-state index in [1.54, 1.807) is 5.92 Å². The summed E-state index contributed by atoms with van der Waals surface area (Å²) in [6.45, 7) is 6.71. The summed E-state index contributed by atoms with van der Waals surface area (Å²) in [5.41, 5.74) is 1.37. The van der Waals surface area contributed by atoms with Crippen molar-refractivity contribution in [1.29, 1.82) is 0 Å². The molecule has 2 rings (SSSR count). The Hall–Kier alpha value is 0.00740. The summed E-state index contributed by atoms with van der Waals surface area (Å²) in [5.74, 6) is 1.64. The van der Waals surface area contributed by atoms with Gasteiger partial charge in [-0.15, -0.1) is 5.70 Å². The van der Waals surface area contributed by atoms with Crippen molar-refractivity contribution in [2.45, 2.75) is 38.5 Å². The molecule has 2 fully saturated rings. The van der Waals surface area contributed by atoms with E-state index >= 15 is 0 Å². The van der Waals surface area contributed by atoms with Crippen molar-refractivity contribution in [3.05, 3.63) is 18.2 Å². The van der Waals surface area contributed by atoms with Gasteiger partial charge >= 0.3 is 18.9 Å². The smallest absolute Gasteiger partial charge is 0.405 e. The molecule has 2 aliphatic rings. The summed E-state index contributed by atoms with van der Waals surface area (Å²) in [4.78, 5) is 2.47. The van der Waals surface area contributed by atoms with Crippen molar-refractivity contribution in [1.82, 2.24) is 4.90 Å². The molecule has 0 unspecified atom stereocenters.